The van der Waals surface area contributed by atoms with Gasteiger partial charge in [0.05, 0.1) is 12.4 Å². The van der Waals surface area contributed by atoms with E-state index in [1.54, 1.807) is 6.20 Å². The Morgan fingerprint density at radius 2 is 1.71 bits per heavy atom. The first-order chi connectivity index (χ1) is 16.4. The number of carboxylic acid groups (broad SMARTS) is 1. The van der Waals surface area contributed by atoms with E-state index in [0.717, 1.165) is 0 Å². The number of aromatic nitrogens is 2. The molecule has 0 aromatic carbocycles. The molecule has 1 aromatic rings. The molecule has 0 fully saturated rings. The number of aromatic amines is 1. The Morgan fingerprint density at radius 1 is 1.06 bits per heavy atom. The van der Waals surface area contributed by atoms with E-state index in [0.29, 0.717) is 12.1 Å². The molecule has 35 heavy (non-hydrogen) atoms. The number of amides is 3. The van der Waals surface area contributed by atoms with E-state index in [4.69, 9.17) is 17.2 Å². The molecule has 11 N–H and O–H groups in total. The number of carbonyl (C=O) groups excluding carboxylic acids is 3. The second kappa shape index (κ2) is 14.6. The molecule has 0 bridgehead atoms. The highest BCUT2D eigenvalue weighted by atomic mass is 16.4. The van der Waals surface area contributed by atoms with Crippen LogP contribution in [0.15, 0.2) is 17.5 Å². The Bertz CT molecular complexity index is 869. The summed E-state index contributed by atoms with van der Waals surface area (Å²) in [6, 6.07) is -4.07. The summed E-state index contributed by atoms with van der Waals surface area (Å²) >= 11 is 0. The van der Waals surface area contributed by atoms with Gasteiger partial charge in [-0.1, -0.05) is 13.8 Å². The molecule has 0 spiro atoms. The molecule has 3 amide bonds. The van der Waals surface area contributed by atoms with Crippen molar-refractivity contribution in [3.05, 3.63) is 18.2 Å². The zero-order chi connectivity index (χ0) is 26.5. The normalized spacial score (nSPS) is 14.3. The summed E-state index contributed by atoms with van der Waals surface area (Å²) in [7, 11) is 0. The molecule has 1 rings (SSSR count). The van der Waals surface area contributed by atoms with Crippen LogP contribution in [0, 0.1) is 5.92 Å². The molecular formula is C21H37N9O5. The summed E-state index contributed by atoms with van der Waals surface area (Å²) in [5.41, 5.74) is 17.1. The standard InChI is InChI=1S/C21H37N9O5/c1-11(2)7-16(19(33)29-15(20(34)35)5-4-6-26-21(23)24)30-17(31)12(3)28-18(32)14(22)8-13-9-25-10-27-13/h9-12,14-16H,4-8,22H2,1-3H3,(H,25,27)(H,28,32)(H,29,33)(H,30,31)(H,34,35)(H4,23,24,26). The quantitative estimate of drug-likeness (QED) is 0.0756. The molecule has 0 saturated heterocycles. The van der Waals surface area contributed by atoms with Crippen molar-refractivity contribution in [2.45, 2.75) is 70.6 Å². The minimum atomic E-state index is -1.22. The van der Waals surface area contributed by atoms with Gasteiger partial charge in [0.25, 0.3) is 0 Å². The number of H-pyrrole nitrogens is 1. The highest BCUT2D eigenvalue weighted by Crippen LogP contribution is 2.08. The maximum absolute atomic E-state index is 12.8. The van der Waals surface area contributed by atoms with Crippen molar-refractivity contribution in [3.63, 3.8) is 0 Å². The van der Waals surface area contributed by atoms with Gasteiger partial charge in [0.1, 0.15) is 18.1 Å². The molecule has 0 saturated carbocycles. The number of hydrogen-bond acceptors (Lipinski definition) is 7. The van der Waals surface area contributed by atoms with E-state index in [1.165, 1.54) is 13.3 Å². The van der Waals surface area contributed by atoms with Gasteiger partial charge in [-0.15, -0.1) is 0 Å². The van der Waals surface area contributed by atoms with Gasteiger partial charge in [-0.3, -0.25) is 19.4 Å². The van der Waals surface area contributed by atoms with E-state index < -0.39 is 47.9 Å². The lowest BCUT2D eigenvalue weighted by Crippen LogP contribution is -2.56. The Labute approximate surface area is 203 Å². The maximum Gasteiger partial charge on any atom is 0.326 e. The van der Waals surface area contributed by atoms with Crippen LogP contribution < -0.4 is 33.2 Å². The van der Waals surface area contributed by atoms with Crippen LogP contribution in [0.3, 0.4) is 0 Å². The van der Waals surface area contributed by atoms with Crippen molar-refractivity contribution in [2.75, 3.05) is 6.54 Å². The van der Waals surface area contributed by atoms with Crippen molar-refractivity contribution < 1.29 is 24.3 Å². The van der Waals surface area contributed by atoms with Gasteiger partial charge >= 0.3 is 5.97 Å². The van der Waals surface area contributed by atoms with Crippen LogP contribution in [0.25, 0.3) is 0 Å². The van der Waals surface area contributed by atoms with Gasteiger partial charge in [0.2, 0.25) is 17.7 Å². The molecule has 14 nitrogen and oxygen atoms in total. The number of carbonyl (C=O) groups is 4. The lowest BCUT2D eigenvalue weighted by molar-refractivity contribution is -0.142. The molecule has 0 aliphatic heterocycles. The zero-order valence-electron chi connectivity index (χ0n) is 20.3. The van der Waals surface area contributed by atoms with Crippen molar-refractivity contribution in [1.82, 2.24) is 25.9 Å². The third-order valence-corrected chi connectivity index (χ3v) is 4.98. The summed E-state index contributed by atoms with van der Waals surface area (Å²) in [6.07, 6.45) is 3.91. The van der Waals surface area contributed by atoms with Crippen LogP contribution in [0.4, 0.5) is 0 Å². The van der Waals surface area contributed by atoms with Gasteiger partial charge in [-0.05, 0) is 32.1 Å². The van der Waals surface area contributed by atoms with Crippen LogP contribution in [-0.4, -0.2) is 75.4 Å². The van der Waals surface area contributed by atoms with Crippen LogP contribution in [0.2, 0.25) is 0 Å². The van der Waals surface area contributed by atoms with E-state index in [-0.39, 0.29) is 37.7 Å². The van der Waals surface area contributed by atoms with Gasteiger partial charge in [0.15, 0.2) is 5.96 Å². The Kier molecular flexibility index (Phi) is 12.2. The third-order valence-electron chi connectivity index (χ3n) is 4.98. The Balaban J connectivity index is 2.72. The lowest BCUT2D eigenvalue weighted by atomic mass is 10.0. The summed E-state index contributed by atoms with van der Waals surface area (Å²) in [4.78, 5) is 59.9. The fraction of sp³-hybridized carbons (Fsp3) is 0.619. The van der Waals surface area contributed by atoms with Crippen molar-refractivity contribution in [2.24, 2.45) is 28.1 Å². The fourth-order valence-corrected chi connectivity index (χ4v) is 3.14. The number of rotatable bonds is 15. The predicted molar refractivity (Wildman–Crippen MR) is 129 cm³/mol. The van der Waals surface area contributed by atoms with Gasteiger partial charge in [-0.25, -0.2) is 9.78 Å². The minimum Gasteiger partial charge on any atom is -0.480 e. The number of nitrogens with one attached hydrogen (secondary N) is 4. The first-order valence-electron chi connectivity index (χ1n) is 11.3. The van der Waals surface area contributed by atoms with E-state index in [1.807, 2.05) is 13.8 Å². The highest BCUT2D eigenvalue weighted by molar-refractivity contribution is 5.93. The number of guanidine groups is 1. The molecule has 1 aromatic heterocycles. The molecule has 4 atom stereocenters. The largest absolute Gasteiger partial charge is 0.480 e. The second-order valence-electron chi connectivity index (χ2n) is 8.66. The van der Waals surface area contributed by atoms with E-state index >= 15 is 0 Å². The first kappa shape index (κ1) is 29.4. The van der Waals surface area contributed by atoms with Gasteiger partial charge in [-0.2, -0.15) is 0 Å². The molecular weight excluding hydrogens is 458 g/mol. The lowest BCUT2D eigenvalue weighted by Gasteiger charge is -2.24. The second-order valence-corrected chi connectivity index (χ2v) is 8.66. The van der Waals surface area contributed by atoms with Crippen molar-refractivity contribution in [1.29, 1.82) is 0 Å². The number of aliphatic imine (C=N–C) groups is 1. The Morgan fingerprint density at radius 3 is 2.26 bits per heavy atom. The maximum atomic E-state index is 12.8. The molecule has 14 heteroatoms. The van der Waals surface area contributed by atoms with E-state index in [9.17, 15) is 24.3 Å². The SMILES string of the molecule is CC(C)CC(NC(=O)C(C)NC(=O)C(N)Cc1cnc[nH]1)C(=O)NC(CCCN=C(N)N)C(=O)O. The van der Waals surface area contributed by atoms with Crippen LogP contribution in [0.1, 0.15) is 45.7 Å². The summed E-state index contributed by atoms with van der Waals surface area (Å²) in [6.45, 7) is 5.39. The average molecular weight is 496 g/mol. The zero-order valence-corrected chi connectivity index (χ0v) is 20.3. The molecule has 0 radical (unpaired) electrons. The summed E-state index contributed by atoms with van der Waals surface area (Å²) in [5.74, 6) is -3.10. The van der Waals surface area contributed by atoms with Gasteiger partial charge < -0.3 is 43.2 Å². The number of nitrogens with zero attached hydrogens (tertiary/aromatic N) is 2. The monoisotopic (exact) mass is 495 g/mol. The third kappa shape index (κ3) is 11.3. The predicted octanol–water partition coefficient (Wildman–Crippen LogP) is -2.06. The van der Waals surface area contributed by atoms with Crippen LogP contribution in [-0.2, 0) is 25.6 Å². The number of imidazole rings is 1. The highest BCUT2D eigenvalue weighted by Gasteiger charge is 2.29. The molecule has 0 aliphatic carbocycles. The van der Waals surface area contributed by atoms with E-state index in [2.05, 4.69) is 30.9 Å². The first-order valence-corrected chi connectivity index (χ1v) is 11.3. The van der Waals surface area contributed by atoms with Crippen LogP contribution >= 0.6 is 0 Å². The molecule has 1 heterocycles. The Hall–Kier alpha value is -3.68. The molecule has 4 unspecified atom stereocenters. The number of hydrogen-bond donors (Lipinski definition) is 8. The van der Waals surface area contributed by atoms with Crippen molar-refractivity contribution in [3.8, 4) is 0 Å². The van der Waals surface area contributed by atoms with Crippen molar-refractivity contribution >= 4 is 29.7 Å². The average Bonchev–Trinajstić information content (AvgIpc) is 3.27. The fourth-order valence-electron chi connectivity index (χ4n) is 3.14. The number of carboxylic acids is 1. The van der Waals surface area contributed by atoms with Gasteiger partial charge in [0, 0.05) is 24.9 Å². The summed E-state index contributed by atoms with van der Waals surface area (Å²) in [5, 5.41) is 17.0. The smallest absolute Gasteiger partial charge is 0.326 e. The summed E-state index contributed by atoms with van der Waals surface area (Å²) < 4.78 is 0. The molecule has 0 aliphatic rings. The molecule has 196 valence electrons. The minimum absolute atomic E-state index is 0.0175. The topological polar surface area (TPSA) is 244 Å². The number of nitrogens with two attached hydrogens (primary N) is 3. The van der Waals surface area contributed by atoms with Crippen LogP contribution in [0.5, 0.6) is 0 Å². The number of aliphatic carboxylic acids is 1.